The maximum Gasteiger partial charge on any atom is 0.151 e. The number of hydrogen-bond donors (Lipinski definition) is 0. The average Bonchev–Trinajstić information content (AvgIpc) is 2.74. The van der Waals surface area contributed by atoms with Gasteiger partial charge in [0.15, 0.2) is 5.82 Å². The zero-order valence-electron chi connectivity index (χ0n) is 17.4. The molecule has 0 aliphatic carbocycles. The molecule has 1 fully saturated rings. The van der Waals surface area contributed by atoms with E-state index in [0.717, 1.165) is 67.3 Å². The van der Waals surface area contributed by atoms with Crippen LogP contribution in [0.3, 0.4) is 0 Å². The van der Waals surface area contributed by atoms with Crippen molar-refractivity contribution >= 4 is 12.0 Å². The zero-order valence-corrected chi connectivity index (χ0v) is 17.4. The third-order valence-corrected chi connectivity index (χ3v) is 5.17. The third-order valence-electron chi connectivity index (χ3n) is 5.17. The maximum atomic E-state index is 6.04. The van der Waals surface area contributed by atoms with Crippen molar-refractivity contribution in [2.45, 2.75) is 33.1 Å². The fourth-order valence-electron chi connectivity index (χ4n) is 3.46. The Bertz CT molecular complexity index is 812. The van der Waals surface area contributed by atoms with E-state index in [-0.39, 0.29) is 0 Å². The minimum Gasteiger partial charge on any atom is -0.493 e. The fraction of sp³-hybridized carbons (Fsp3) is 0.435. The highest BCUT2D eigenvalue weighted by Gasteiger charge is 2.20. The first-order valence-electron chi connectivity index (χ1n) is 10.2. The van der Waals surface area contributed by atoms with Crippen LogP contribution in [0.25, 0.3) is 0 Å². The largest absolute Gasteiger partial charge is 0.493 e. The zero-order chi connectivity index (χ0) is 20.5. The summed E-state index contributed by atoms with van der Waals surface area (Å²) in [4.78, 5) is 7.37. The van der Waals surface area contributed by atoms with E-state index in [2.05, 4.69) is 45.9 Å². The van der Waals surface area contributed by atoms with E-state index in [1.165, 1.54) is 0 Å². The Hall–Kier alpha value is -2.89. The molecule has 6 nitrogen and oxygen atoms in total. The smallest absolute Gasteiger partial charge is 0.151 e. The van der Waals surface area contributed by atoms with Gasteiger partial charge in [0.2, 0.25) is 0 Å². The third kappa shape index (κ3) is 6.31. The van der Waals surface area contributed by atoms with Crippen molar-refractivity contribution in [3.05, 3.63) is 59.8 Å². The average molecular weight is 395 g/mol. The number of piperidine rings is 1. The van der Waals surface area contributed by atoms with Crippen molar-refractivity contribution in [2.24, 2.45) is 11.1 Å². The molecule has 29 heavy (non-hydrogen) atoms. The van der Waals surface area contributed by atoms with Crippen LogP contribution < -0.4 is 9.64 Å². The molecule has 6 heteroatoms. The van der Waals surface area contributed by atoms with E-state index >= 15 is 0 Å². The second-order valence-corrected chi connectivity index (χ2v) is 7.44. The van der Waals surface area contributed by atoms with Crippen molar-refractivity contribution in [3.63, 3.8) is 0 Å². The van der Waals surface area contributed by atoms with Gasteiger partial charge in [0, 0.05) is 13.1 Å². The molecular formula is C23H30N4O2. The predicted octanol–water partition coefficient (Wildman–Crippen LogP) is 4.32. The van der Waals surface area contributed by atoms with E-state index < -0.39 is 0 Å². The molecule has 0 saturated carbocycles. The molecule has 0 amide bonds. The van der Waals surface area contributed by atoms with Gasteiger partial charge in [0.1, 0.15) is 12.4 Å². The SMILES string of the molecule is C=CCO/N=C/c1ccc(OCCC2CCN(c3ccc(C)nn3)CC2)c(C)c1. The van der Waals surface area contributed by atoms with Crippen LogP contribution in [0.2, 0.25) is 0 Å². The standard InChI is InChI=1S/C23H30N4O2/c1-4-14-29-24-17-21-6-7-22(18(2)16-21)28-15-11-20-9-12-27(13-10-20)23-8-5-19(3)25-26-23/h4-8,16-17,20H,1,9-15H2,2-3H3/b24-17+. The normalized spacial score (nSPS) is 14.9. The van der Waals surface area contributed by atoms with E-state index in [4.69, 9.17) is 9.57 Å². The molecule has 1 aromatic heterocycles. The van der Waals surface area contributed by atoms with Crippen LogP contribution in [0.4, 0.5) is 5.82 Å². The Balaban J connectivity index is 1.40. The Labute approximate surface area is 173 Å². The summed E-state index contributed by atoms with van der Waals surface area (Å²) in [5, 5.41) is 12.4. The quantitative estimate of drug-likeness (QED) is 0.274. The van der Waals surface area contributed by atoms with Crippen molar-refractivity contribution in [1.29, 1.82) is 0 Å². The van der Waals surface area contributed by atoms with E-state index in [1.807, 2.05) is 25.1 Å². The number of oxime groups is 1. The molecule has 1 aliphatic heterocycles. The second-order valence-electron chi connectivity index (χ2n) is 7.44. The van der Waals surface area contributed by atoms with Gasteiger partial charge in [-0.2, -0.15) is 5.10 Å². The first-order valence-corrected chi connectivity index (χ1v) is 10.2. The minimum atomic E-state index is 0.411. The number of nitrogens with zero attached hydrogens (tertiary/aromatic N) is 4. The lowest BCUT2D eigenvalue weighted by Crippen LogP contribution is -2.34. The summed E-state index contributed by atoms with van der Waals surface area (Å²) in [5.41, 5.74) is 3.05. The number of benzene rings is 1. The Kier molecular flexibility index (Phi) is 7.61. The van der Waals surface area contributed by atoms with E-state index in [1.54, 1.807) is 12.3 Å². The molecular weight excluding hydrogens is 364 g/mol. The van der Waals surface area contributed by atoms with Crippen LogP contribution >= 0.6 is 0 Å². The number of aryl methyl sites for hydroxylation is 2. The summed E-state index contributed by atoms with van der Waals surface area (Å²) in [5.74, 6) is 2.61. The van der Waals surface area contributed by atoms with Crippen molar-refractivity contribution in [2.75, 3.05) is 31.2 Å². The summed E-state index contributed by atoms with van der Waals surface area (Å²) in [6.45, 7) is 10.8. The lowest BCUT2D eigenvalue weighted by molar-refractivity contribution is 0.176. The molecule has 3 rings (SSSR count). The maximum absolute atomic E-state index is 6.04. The second kappa shape index (κ2) is 10.6. The van der Waals surface area contributed by atoms with Crippen molar-refractivity contribution in [1.82, 2.24) is 10.2 Å². The lowest BCUT2D eigenvalue weighted by Gasteiger charge is -2.32. The van der Waals surface area contributed by atoms with Crippen LogP contribution in [0.5, 0.6) is 5.75 Å². The summed E-state index contributed by atoms with van der Waals surface area (Å²) >= 11 is 0. The number of anilines is 1. The minimum absolute atomic E-state index is 0.411. The van der Waals surface area contributed by atoms with E-state index in [9.17, 15) is 0 Å². The summed E-state index contributed by atoms with van der Waals surface area (Å²) in [6, 6.07) is 10.1. The number of rotatable bonds is 9. The molecule has 1 saturated heterocycles. The molecule has 1 aromatic carbocycles. The van der Waals surface area contributed by atoms with Gasteiger partial charge >= 0.3 is 0 Å². The molecule has 0 bridgehead atoms. The first kappa shape index (κ1) is 20.8. The van der Waals surface area contributed by atoms with Gasteiger partial charge in [-0.25, -0.2) is 0 Å². The molecule has 0 spiro atoms. The molecule has 0 N–H and O–H groups in total. The van der Waals surface area contributed by atoms with Gasteiger partial charge in [-0.3, -0.25) is 0 Å². The fourth-order valence-corrected chi connectivity index (χ4v) is 3.46. The van der Waals surface area contributed by atoms with Crippen LogP contribution in [-0.4, -0.2) is 42.7 Å². The first-order chi connectivity index (χ1) is 14.2. The van der Waals surface area contributed by atoms with Crippen LogP contribution in [0.1, 0.15) is 36.1 Å². The number of aromatic nitrogens is 2. The molecule has 0 radical (unpaired) electrons. The van der Waals surface area contributed by atoms with Gasteiger partial charge in [-0.1, -0.05) is 17.8 Å². The van der Waals surface area contributed by atoms with Crippen molar-refractivity contribution in [3.8, 4) is 5.75 Å². The highest BCUT2D eigenvalue weighted by atomic mass is 16.6. The number of ether oxygens (including phenoxy) is 1. The van der Waals surface area contributed by atoms with Crippen molar-refractivity contribution < 1.29 is 9.57 Å². The summed E-state index contributed by atoms with van der Waals surface area (Å²) in [6.07, 6.45) is 6.77. The monoisotopic (exact) mass is 394 g/mol. The topological polar surface area (TPSA) is 59.8 Å². The molecule has 154 valence electrons. The van der Waals surface area contributed by atoms with E-state index in [0.29, 0.717) is 12.5 Å². The number of hydrogen-bond acceptors (Lipinski definition) is 6. The summed E-state index contributed by atoms with van der Waals surface area (Å²) < 4.78 is 6.04. The molecule has 0 atom stereocenters. The van der Waals surface area contributed by atoms with Crippen LogP contribution in [0, 0.1) is 19.8 Å². The van der Waals surface area contributed by atoms with Gasteiger partial charge in [-0.05, 0) is 80.5 Å². The van der Waals surface area contributed by atoms with Gasteiger partial charge in [0.25, 0.3) is 0 Å². The van der Waals surface area contributed by atoms with Gasteiger partial charge in [0.05, 0.1) is 18.5 Å². The van der Waals surface area contributed by atoms with Crippen LogP contribution in [-0.2, 0) is 4.84 Å². The molecule has 2 heterocycles. The highest BCUT2D eigenvalue weighted by molar-refractivity contribution is 5.79. The van der Waals surface area contributed by atoms with Gasteiger partial charge in [-0.15, -0.1) is 5.10 Å². The summed E-state index contributed by atoms with van der Waals surface area (Å²) in [7, 11) is 0. The molecule has 0 unspecified atom stereocenters. The Morgan fingerprint density at radius 2 is 2.00 bits per heavy atom. The lowest BCUT2D eigenvalue weighted by atomic mass is 9.94. The Morgan fingerprint density at radius 1 is 1.17 bits per heavy atom. The van der Waals surface area contributed by atoms with Gasteiger partial charge < -0.3 is 14.5 Å². The highest BCUT2D eigenvalue weighted by Crippen LogP contribution is 2.25. The Morgan fingerprint density at radius 3 is 2.69 bits per heavy atom. The molecule has 1 aliphatic rings. The molecule has 2 aromatic rings. The van der Waals surface area contributed by atoms with Crippen LogP contribution in [0.15, 0.2) is 48.1 Å². The predicted molar refractivity (Wildman–Crippen MR) is 117 cm³/mol.